The minimum Gasteiger partial charge on any atom is -0.295 e. The molecule has 2 rings (SSSR count). The molecule has 0 heterocycles. The maximum Gasteiger partial charge on any atom is 0.155 e. The highest BCUT2D eigenvalue weighted by molar-refractivity contribution is 5.90. The van der Waals surface area contributed by atoms with E-state index in [1.165, 1.54) is 0 Å². The number of rotatable bonds is 2. The molecule has 0 fully saturated rings. The first-order valence-corrected chi connectivity index (χ1v) is 6.69. The van der Waals surface area contributed by atoms with Crippen molar-refractivity contribution in [1.82, 2.24) is 0 Å². The molecule has 0 radical (unpaired) electrons. The lowest BCUT2D eigenvalue weighted by Crippen LogP contribution is -2.06. The highest BCUT2D eigenvalue weighted by Gasteiger charge is 2.11. The van der Waals surface area contributed by atoms with E-state index in [1.54, 1.807) is 6.08 Å². The Morgan fingerprint density at radius 2 is 2.16 bits per heavy atom. The van der Waals surface area contributed by atoms with Crippen molar-refractivity contribution in [2.24, 2.45) is 5.92 Å². The van der Waals surface area contributed by atoms with Gasteiger partial charge in [0.2, 0.25) is 0 Å². The SMILES string of the molecule is C/C(C#Cc1ccccc1)=C/CC1C=CC(=O)CC1. The van der Waals surface area contributed by atoms with Crippen LogP contribution in [-0.2, 0) is 4.79 Å². The van der Waals surface area contributed by atoms with Crippen LogP contribution < -0.4 is 0 Å². The minimum absolute atomic E-state index is 0.251. The fourth-order valence-electron chi connectivity index (χ4n) is 2.02. The maximum atomic E-state index is 11.1. The molecule has 96 valence electrons. The van der Waals surface area contributed by atoms with Crippen LogP contribution in [0.2, 0.25) is 0 Å². The average molecular weight is 250 g/mol. The van der Waals surface area contributed by atoms with Gasteiger partial charge in [-0.1, -0.05) is 42.2 Å². The number of ketones is 1. The highest BCUT2D eigenvalue weighted by atomic mass is 16.1. The summed E-state index contributed by atoms with van der Waals surface area (Å²) in [6, 6.07) is 10.00. The van der Waals surface area contributed by atoms with Gasteiger partial charge in [0.25, 0.3) is 0 Å². The third-order valence-electron chi connectivity index (χ3n) is 3.22. The fraction of sp³-hybridized carbons (Fsp3) is 0.278. The lowest BCUT2D eigenvalue weighted by molar-refractivity contribution is -0.115. The molecule has 1 aromatic carbocycles. The van der Waals surface area contributed by atoms with Crippen LogP contribution in [0, 0.1) is 17.8 Å². The molecule has 0 spiro atoms. The molecule has 1 aliphatic rings. The molecule has 1 atom stereocenters. The smallest absolute Gasteiger partial charge is 0.155 e. The zero-order valence-corrected chi connectivity index (χ0v) is 11.2. The van der Waals surface area contributed by atoms with Crippen LogP contribution in [0.1, 0.15) is 31.7 Å². The van der Waals surface area contributed by atoms with E-state index < -0.39 is 0 Å². The Kier molecular flexibility index (Phi) is 4.75. The van der Waals surface area contributed by atoms with E-state index in [2.05, 4.69) is 17.9 Å². The maximum absolute atomic E-state index is 11.1. The van der Waals surface area contributed by atoms with Crippen LogP contribution in [0.3, 0.4) is 0 Å². The van der Waals surface area contributed by atoms with Crippen molar-refractivity contribution < 1.29 is 4.79 Å². The van der Waals surface area contributed by atoms with Gasteiger partial charge in [-0.25, -0.2) is 0 Å². The molecule has 0 saturated carbocycles. The van der Waals surface area contributed by atoms with Crippen molar-refractivity contribution in [2.45, 2.75) is 26.2 Å². The summed E-state index contributed by atoms with van der Waals surface area (Å²) in [5, 5.41) is 0. The molecule has 0 amide bonds. The van der Waals surface area contributed by atoms with Crippen LogP contribution in [0.4, 0.5) is 0 Å². The van der Waals surface area contributed by atoms with Gasteiger partial charge in [-0.05, 0) is 49.5 Å². The van der Waals surface area contributed by atoms with E-state index in [9.17, 15) is 4.79 Å². The Morgan fingerprint density at radius 1 is 1.37 bits per heavy atom. The summed E-state index contributed by atoms with van der Waals surface area (Å²) in [6.07, 6.45) is 8.53. The molecule has 1 aliphatic carbocycles. The van der Waals surface area contributed by atoms with Crippen LogP contribution in [0.15, 0.2) is 54.1 Å². The summed E-state index contributed by atoms with van der Waals surface area (Å²) in [4.78, 5) is 11.1. The summed E-state index contributed by atoms with van der Waals surface area (Å²) >= 11 is 0. The second-order valence-electron chi connectivity index (χ2n) is 4.86. The van der Waals surface area contributed by atoms with Crippen LogP contribution in [0.5, 0.6) is 0 Å². The summed E-state index contributed by atoms with van der Waals surface area (Å²) in [7, 11) is 0. The zero-order chi connectivity index (χ0) is 13.5. The predicted molar refractivity (Wildman–Crippen MR) is 78.6 cm³/mol. The molecule has 1 heteroatoms. The summed E-state index contributed by atoms with van der Waals surface area (Å²) in [6.45, 7) is 2.04. The molecule has 1 unspecified atom stereocenters. The molecular formula is C18H18O. The molecule has 0 aromatic heterocycles. The third-order valence-corrected chi connectivity index (χ3v) is 3.22. The zero-order valence-electron chi connectivity index (χ0n) is 11.2. The summed E-state index contributed by atoms with van der Waals surface area (Å²) in [5.41, 5.74) is 2.13. The molecule has 0 bridgehead atoms. The molecule has 0 saturated heterocycles. The van der Waals surface area contributed by atoms with E-state index in [-0.39, 0.29) is 5.78 Å². The molecular weight excluding hydrogens is 232 g/mol. The Bertz CT molecular complexity index is 552. The van der Waals surface area contributed by atoms with E-state index in [4.69, 9.17) is 0 Å². The second kappa shape index (κ2) is 6.75. The number of hydrogen-bond acceptors (Lipinski definition) is 1. The van der Waals surface area contributed by atoms with Gasteiger partial charge < -0.3 is 0 Å². The number of hydrogen-bond donors (Lipinski definition) is 0. The number of carbonyl (C=O) groups is 1. The minimum atomic E-state index is 0.251. The summed E-state index contributed by atoms with van der Waals surface area (Å²) < 4.78 is 0. The first-order valence-electron chi connectivity index (χ1n) is 6.69. The first kappa shape index (κ1) is 13.4. The first-order chi connectivity index (χ1) is 9.24. The van der Waals surface area contributed by atoms with Gasteiger partial charge in [0.15, 0.2) is 5.78 Å². The van der Waals surface area contributed by atoms with Crippen molar-refractivity contribution in [3.8, 4) is 11.8 Å². The molecule has 19 heavy (non-hydrogen) atoms. The quantitative estimate of drug-likeness (QED) is 0.727. The van der Waals surface area contributed by atoms with Gasteiger partial charge in [-0.3, -0.25) is 4.79 Å². The van der Waals surface area contributed by atoms with Crippen molar-refractivity contribution in [2.75, 3.05) is 0 Å². The van der Waals surface area contributed by atoms with Gasteiger partial charge in [0, 0.05) is 12.0 Å². The monoisotopic (exact) mass is 250 g/mol. The van der Waals surface area contributed by atoms with Gasteiger partial charge in [0.1, 0.15) is 0 Å². The molecule has 0 aliphatic heterocycles. The Hall–Kier alpha value is -2.07. The molecule has 1 aromatic rings. The van der Waals surface area contributed by atoms with Crippen molar-refractivity contribution in [3.05, 3.63) is 59.7 Å². The largest absolute Gasteiger partial charge is 0.295 e. The van der Waals surface area contributed by atoms with Crippen LogP contribution in [0.25, 0.3) is 0 Å². The van der Waals surface area contributed by atoms with Crippen LogP contribution >= 0.6 is 0 Å². The van der Waals surface area contributed by atoms with E-state index >= 15 is 0 Å². The lowest BCUT2D eigenvalue weighted by Gasteiger charge is -2.13. The van der Waals surface area contributed by atoms with Gasteiger partial charge in [-0.15, -0.1) is 0 Å². The standard InChI is InChI=1S/C18H18O/c1-15(7-9-16-5-3-2-4-6-16)8-10-17-11-13-18(19)14-12-17/h2-6,8,11,13,17H,10,12,14H2,1H3/b15-8-. The number of allylic oxidation sites excluding steroid dienone is 4. The lowest BCUT2D eigenvalue weighted by atomic mass is 9.92. The van der Waals surface area contributed by atoms with E-state index in [0.717, 1.165) is 24.0 Å². The number of benzene rings is 1. The van der Waals surface area contributed by atoms with Gasteiger partial charge in [0.05, 0.1) is 0 Å². The second-order valence-corrected chi connectivity index (χ2v) is 4.86. The average Bonchev–Trinajstić information content (AvgIpc) is 2.45. The van der Waals surface area contributed by atoms with Crippen molar-refractivity contribution in [3.63, 3.8) is 0 Å². The molecule has 0 N–H and O–H groups in total. The topological polar surface area (TPSA) is 17.1 Å². The van der Waals surface area contributed by atoms with Gasteiger partial charge in [-0.2, -0.15) is 0 Å². The van der Waals surface area contributed by atoms with Crippen LogP contribution in [-0.4, -0.2) is 5.78 Å². The Labute approximate surface area is 115 Å². The third kappa shape index (κ3) is 4.60. The Morgan fingerprint density at radius 3 is 2.84 bits per heavy atom. The fourth-order valence-corrected chi connectivity index (χ4v) is 2.02. The summed E-state index contributed by atoms with van der Waals surface area (Å²) in [5.74, 6) is 7.06. The predicted octanol–water partition coefficient (Wildman–Crippen LogP) is 3.91. The van der Waals surface area contributed by atoms with E-state index in [0.29, 0.717) is 12.3 Å². The van der Waals surface area contributed by atoms with Gasteiger partial charge >= 0.3 is 0 Å². The highest BCUT2D eigenvalue weighted by Crippen LogP contribution is 2.19. The number of carbonyl (C=O) groups excluding carboxylic acids is 1. The Balaban J connectivity index is 1.92. The normalized spacial score (nSPS) is 18.9. The van der Waals surface area contributed by atoms with E-state index in [1.807, 2.05) is 43.3 Å². The van der Waals surface area contributed by atoms with Crippen molar-refractivity contribution in [1.29, 1.82) is 0 Å². The molecule has 1 nitrogen and oxygen atoms in total. The van der Waals surface area contributed by atoms with Crippen molar-refractivity contribution >= 4 is 5.78 Å².